The molecule has 1 unspecified atom stereocenters. The zero-order valence-corrected chi connectivity index (χ0v) is 11.1. The summed E-state index contributed by atoms with van der Waals surface area (Å²) in [7, 11) is 0. The Balaban J connectivity index is 2.43. The van der Waals surface area contributed by atoms with Gasteiger partial charge in [-0.15, -0.1) is 13.2 Å². The highest BCUT2D eigenvalue weighted by molar-refractivity contribution is 5.76. The molecule has 1 atom stereocenters. The van der Waals surface area contributed by atoms with Crippen LogP contribution in [0.15, 0.2) is 73.9 Å². The fraction of sp³-hybridized carbons (Fsp3) is 0.222. The van der Waals surface area contributed by atoms with Crippen molar-refractivity contribution < 1.29 is 5.11 Å². The normalized spacial score (nSPS) is 20.7. The van der Waals surface area contributed by atoms with Gasteiger partial charge in [-0.25, -0.2) is 0 Å². The Morgan fingerprint density at radius 3 is 2.32 bits per heavy atom. The van der Waals surface area contributed by atoms with E-state index in [1.807, 2.05) is 42.5 Å². The van der Waals surface area contributed by atoms with Gasteiger partial charge in [0.25, 0.3) is 0 Å². The van der Waals surface area contributed by atoms with Crippen LogP contribution in [0.4, 0.5) is 0 Å². The van der Waals surface area contributed by atoms with Gasteiger partial charge in [-0.05, 0) is 24.0 Å². The summed E-state index contributed by atoms with van der Waals surface area (Å²) in [5, 5.41) is 10.3. The van der Waals surface area contributed by atoms with Crippen LogP contribution in [0.25, 0.3) is 5.57 Å². The molecule has 0 heterocycles. The SMILES string of the molecule is C=CCC1(CC=C)C=C(c2ccccc2)C=CC1O. The van der Waals surface area contributed by atoms with Crippen molar-refractivity contribution in [1.29, 1.82) is 0 Å². The minimum atomic E-state index is -0.490. The lowest BCUT2D eigenvalue weighted by Crippen LogP contribution is -2.33. The van der Waals surface area contributed by atoms with Gasteiger partial charge in [-0.2, -0.15) is 0 Å². The number of rotatable bonds is 5. The molecule has 0 aliphatic heterocycles. The summed E-state index contributed by atoms with van der Waals surface area (Å²) in [6.07, 6.45) is 10.7. The van der Waals surface area contributed by atoms with E-state index in [0.29, 0.717) is 0 Å². The summed E-state index contributed by atoms with van der Waals surface area (Å²) >= 11 is 0. The third kappa shape index (κ3) is 2.77. The number of aliphatic hydroxyl groups is 1. The number of hydrogen-bond donors (Lipinski definition) is 1. The molecule has 1 N–H and O–H groups in total. The number of benzene rings is 1. The Morgan fingerprint density at radius 1 is 1.11 bits per heavy atom. The number of allylic oxidation sites excluding steroid dienone is 4. The van der Waals surface area contributed by atoms with E-state index in [4.69, 9.17) is 0 Å². The molecule has 1 aliphatic rings. The molecule has 98 valence electrons. The molecule has 0 bridgehead atoms. The molecule has 0 amide bonds. The summed E-state index contributed by atoms with van der Waals surface area (Å²) in [6.45, 7) is 7.63. The lowest BCUT2D eigenvalue weighted by Gasteiger charge is -2.35. The predicted octanol–water partition coefficient (Wildman–Crippen LogP) is 4.14. The Labute approximate surface area is 115 Å². The van der Waals surface area contributed by atoms with Gasteiger partial charge in [0, 0.05) is 5.41 Å². The van der Waals surface area contributed by atoms with Gasteiger partial charge in [0.15, 0.2) is 0 Å². The van der Waals surface area contributed by atoms with E-state index in [-0.39, 0.29) is 5.41 Å². The predicted molar refractivity (Wildman–Crippen MR) is 81.6 cm³/mol. The Kier molecular flexibility index (Phi) is 4.18. The van der Waals surface area contributed by atoms with Crippen LogP contribution in [0.2, 0.25) is 0 Å². The molecule has 1 nitrogen and oxygen atoms in total. The molecule has 0 aromatic heterocycles. The second kappa shape index (κ2) is 5.85. The second-order valence-electron chi connectivity index (χ2n) is 4.99. The smallest absolute Gasteiger partial charge is 0.0821 e. The maximum atomic E-state index is 10.3. The highest BCUT2D eigenvalue weighted by Crippen LogP contribution is 2.40. The average Bonchev–Trinajstić information content (AvgIpc) is 2.43. The van der Waals surface area contributed by atoms with Crippen LogP contribution in [0.3, 0.4) is 0 Å². The fourth-order valence-corrected chi connectivity index (χ4v) is 2.62. The molecule has 0 spiro atoms. The van der Waals surface area contributed by atoms with Gasteiger partial charge in [0.1, 0.15) is 0 Å². The third-order valence-electron chi connectivity index (χ3n) is 3.65. The standard InChI is InChI=1S/C18H20O/c1-3-12-18(13-4-2)14-16(10-11-17(18)19)15-8-6-5-7-9-15/h3-11,14,17,19H,1-2,12-13H2. The van der Waals surface area contributed by atoms with Crippen LogP contribution in [0.1, 0.15) is 18.4 Å². The maximum absolute atomic E-state index is 10.3. The van der Waals surface area contributed by atoms with Crippen molar-refractivity contribution in [2.75, 3.05) is 0 Å². The van der Waals surface area contributed by atoms with Crippen molar-refractivity contribution in [3.8, 4) is 0 Å². The first-order valence-corrected chi connectivity index (χ1v) is 6.58. The largest absolute Gasteiger partial charge is 0.388 e. The molecule has 1 aromatic rings. The topological polar surface area (TPSA) is 20.2 Å². The monoisotopic (exact) mass is 252 g/mol. The van der Waals surface area contributed by atoms with Crippen molar-refractivity contribution in [2.24, 2.45) is 5.41 Å². The molecule has 0 saturated heterocycles. The van der Waals surface area contributed by atoms with E-state index in [2.05, 4.69) is 31.4 Å². The summed E-state index contributed by atoms with van der Waals surface area (Å²) in [5.41, 5.74) is 2.00. The number of hydrogen-bond acceptors (Lipinski definition) is 1. The summed E-state index contributed by atoms with van der Waals surface area (Å²) in [6, 6.07) is 10.2. The van der Waals surface area contributed by atoms with E-state index in [9.17, 15) is 5.11 Å². The lowest BCUT2D eigenvalue weighted by molar-refractivity contribution is 0.102. The Bertz CT molecular complexity index is 498. The molecule has 1 aromatic carbocycles. The fourth-order valence-electron chi connectivity index (χ4n) is 2.62. The van der Waals surface area contributed by atoms with Crippen LogP contribution in [-0.4, -0.2) is 11.2 Å². The molecule has 0 fully saturated rings. The van der Waals surface area contributed by atoms with Gasteiger partial charge in [-0.1, -0.05) is 60.7 Å². The van der Waals surface area contributed by atoms with Gasteiger partial charge >= 0.3 is 0 Å². The molecule has 1 aliphatic carbocycles. The van der Waals surface area contributed by atoms with Gasteiger partial charge in [0.05, 0.1) is 6.10 Å². The van der Waals surface area contributed by atoms with Crippen LogP contribution >= 0.6 is 0 Å². The molecule has 0 radical (unpaired) electrons. The molecule has 2 rings (SSSR count). The summed E-state index contributed by atoms with van der Waals surface area (Å²) in [5.74, 6) is 0. The Hall–Kier alpha value is -1.86. The quantitative estimate of drug-likeness (QED) is 0.781. The molecular formula is C18H20O. The van der Waals surface area contributed by atoms with Crippen molar-refractivity contribution in [3.05, 3.63) is 79.4 Å². The molecule has 1 heteroatoms. The molecule has 0 saturated carbocycles. The minimum absolute atomic E-state index is 0.316. The van der Waals surface area contributed by atoms with Crippen molar-refractivity contribution >= 4 is 5.57 Å². The van der Waals surface area contributed by atoms with Gasteiger partial charge in [0.2, 0.25) is 0 Å². The Morgan fingerprint density at radius 2 is 1.74 bits per heavy atom. The first kappa shape index (κ1) is 13.6. The highest BCUT2D eigenvalue weighted by Gasteiger charge is 2.34. The van der Waals surface area contributed by atoms with Crippen LogP contribution in [0.5, 0.6) is 0 Å². The van der Waals surface area contributed by atoms with Gasteiger partial charge < -0.3 is 5.11 Å². The summed E-state index contributed by atoms with van der Waals surface area (Å²) < 4.78 is 0. The van der Waals surface area contributed by atoms with E-state index in [1.165, 1.54) is 5.56 Å². The van der Waals surface area contributed by atoms with E-state index in [1.54, 1.807) is 0 Å². The van der Waals surface area contributed by atoms with Crippen LogP contribution < -0.4 is 0 Å². The minimum Gasteiger partial charge on any atom is -0.388 e. The van der Waals surface area contributed by atoms with Crippen LogP contribution in [-0.2, 0) is 0 Å². The van der Waals surface area contributed by atoms with E-state index in [0.717, 1.165) is 18.4 Å². The van der Waals surface area contributed by atoms with Crippen LogP contribution in [0, 0.1) is 5.41 Å². The van der Waals surface area contributed by atoms with E-state index < -0.39 is 6.10 Å². The van der Waals surface area contributed by atoms with Crippen molar-refractivity contribution in [1.82, 2.24) is 0 Å². The highest BCUT2D eigenvalue weighted by atomic mass is 16.3. The second-order valence-corrected chi connectivity index (χ2v) is 4.99. The van der Waals surface area contributed by atoms with E-state index >= 15 is 0 Å². The number of aliphatic hydroxyl groups excluding tert-OH is 1. The first-order chi connectivity index (χ1) is 9.22. The zero-order valence-electron chi connectivity index (χ0n) is 11.1. The lowest BCUT2D eigenvalue weighted by atomic mass is 9.71. The maximum Gasteiger partial charge on any atom is 0.0821 e. The average molecular weight is 252 g/mol. The van der Waals surface area contributed by atoms with Crippen molar-refractivity contribution in [2.45, 2.75) is 18.9 Å². The first-order valence-electron chi connectivity index (χ1n) is 6.58. The summed E-state index contributed by atoms with van der Waals surface area (Å²) in [4.78, 5) is 0. The molecular weight excluding hydrogens is 232 g/mol. The third-order valence-corrected chi connectivity index (χ3v) is 3.65. The molecule has 19 heavy (non-hydrogen) atoms. The van der Waals surface area contributed by atoms with Crippen molar-refractivity contribution in [3.63, 3.8) is 0 Å². The van der Waals surface area contributed by atoms with Gasteiger partial charge in [-0.3, -0.25) is 0 Å². The zero-order chi connectivity index (χ0) is 13.7.